The zero-order valence-electron chi connectivity index (χ0n) is 18.5. The van der Waals surface area contributed by atoms with Crippen LogP contribution < -0.4 is 5.73 Å². The van der Waals surface area contributed by atoms with Crippen LogP contribution in [0.3, 0.4) is 0 Å². The molecule has 12 heteroatoms. The predicted octanol–water partition coefficient (Wildman–Crippen LogP) is 3.46. The van der Waals surface area contributed by atoms with Crippen LogP contribution in [0.25, 0.3) is 10.9 Å². The molecule has 2 aliphatic heterocycles. The molecule has 5 rings (SSSR count). The van der Waals surface area contributed by atoms with Crippen LogP contribution in [0.4, 0.5) is 19.0 Å². The van der Waals surface area contributed by atoms with Crippen molar-refractivity contribution in [3.8, 4) is 0 Å². The van der Waals surface area contributed by atoms with Gasteiger partial charge in [-0.25, -0.2) is 4.98 Å². The maximum absolute atomic E-state index is 13.3. The van der Waals surface area contributed by atoms with Gasteiger partial charge in [0.15, 0.2) is 0 Å². The quantitative estimate of drug-likeness (QED) is 0.584. The number of alkyl halides is 3. The zero-order chi connectivity index (χ0) is 24.9. The molecular formula is C23H22ClF3N6O2. The molecule has 0 spiro atoms. The number of anilines is 1. The van der Waals surface area contributed by atoms with Gasteiger partial charge in [0.25, 0.3) is 5.91 Å². The Morgan fingerprint density at radius 2 is 1.94 bits per heavy atom. The SMILES string of the molecule is Nc1cc(C(=O)N2CC(c3nn(CC(=O)N4CCC[C@H]4C(F)(F)F)c4ccccc34)C2)c(Cl)cn1. The number of carbonyl (C=O) groups excluding carboxylic acids is 2. The van der Waals surface area contributed by atoms with Crippen LogP contribution in [0, 0.1) is 0 Å². The lowest BCUT2D eigenvalue weighted by Crippen LogP contribution is -2.48. The van der Waals surface area contributed by atoms with Gasteiger partial charge < -0.3 is 15.5 Å². The number of pyridine rings is 1. The fraction of sp³-hybridized carbons (Fsp3) is 0.391. The van der Waals surface area contributed by atoms with Crippen molar-refractivity contribution in [2.75, 3.05) is 25.4 Å². The van der Waals surface area contributed by atoms with Crippen molar-refractivity contribution < 1.29 is 22.8 Å². The molecule has 1 aromatic carbocycles. The molecule has 35 heavy (non-hydrogen) atoms. The molecule has 0 radical (unpaired) electrons. The third kappa shape index (κ3) is 4.29. The van der Waals surface area contributed by atoms with Gasteiger partial charge in [0.05, 0.1) is 21.8 Å². The number of nitrogens with two attached hydrogens (primary N) is 1. The molecule has 8 nitrogen and oxygen atoms in total. The minimum absolute atomic E-state index is 0.0802. The summed E-state index contributed by atoms with van der Waals surface area (Å²) in [6.07, 6.45) is -2.88. The number of para-hydroxylation sites is 1. The molecule has 2 fully saturated rings. The molecule has 3 aromatic rings. The summed E-state index contributed by atoms with van der Waals surface area (Å²) in [6, 6.07) is 6.94. The first kappa shape index (κ1) is 23.4. The monoisotopic (exact) mass is 506 g/mol. The van der Waals surface area contributed by atoms with Crippen LogP contribution in [0.5, 0.6) is 0 Å². The lowest BCUT2D eigenvalue weighted by Gasteiger charge is -2.38. The highest BCUT2D eigenvalue weighted by Gasteiger charge is 2.47. The molecule has 4 heterocycles. The van der Waals surface area contributed by atoms with Crippen molar-refractivity contribution in [1.82, 2.24) is 24.6 Å². The number of carbonyl (C=O) groups is 2. The Bertz CT molecular complexity index is 1300. The number of nitrogen functional groups attached to an aromatic ring is 1. The second-order valence-electron chi connectivity index (χ2n) is 8.84. The number of likely N-dealkylation sites (tertiary alicyclic amines) is 2. The number of rotatable bonds is 4. The summed E-state index contributed by atoms with van der Waals surface area (Å²) in [5.74, 6) is -0.783. The van der Waals surface area contributed by atoms with Crippen LogP contribution in [0.15, 0.2) is 36.5 Å². The van der Waals surface area contributed by atoms with Crippen LogP contribution in [-0.2, 0) is 11.3 Å². The lowest BCUT2D eigenvalue weighted by molar-refractivity contribution is -0.183. The summed E-state index contributed by atoms with van der Waals surface area (Å²) < 4.78 is 41.5. The lowest BCUT2D eigenvalue weighted by atomic mass is 9.93. The van der Waals surface area contributed by atoms with E-state index in [2.05, 4.69) is 10.1 Å². The Morgan fingerprint density at radius 1 is 1.20 bits per heavy atom. The first-order chi connectivity index (χ1) is 16.6. The zero-order valence-corrected chi connectivity index (χ0v) is 19.3. The van der Waals surface area contributed by atoms with E-state index in [0.29, 0.717) is 30.7 Å². The molecule has 2 aliphatic rings. The summed E-state index contributed by atoms with van der Waals surface area (Å²) in [4.78, 5) is 32.0. The average molecular weight is 507 g/mol. The Morgan fingerprint density at radius 3 is 2.69 bits per heavy atom. The molecule has 0 unspecified atom stereocenters. The number of halogens is 4. The third-order valence-electron chi connectivity index (χ3n) is 6.58. The molecule has 2 saturated heterocycles. The Labute approximate surface area is 203 Å². The van der Waals surface area contributed by atoms with Crippen molar-refractivity contribution in [2.45, 2.75) is 37.5 Å². The van der Waals surface area contributed by atoms with Crippen molar-refractivity contribution in [1.29, 1.82) is 0 Å². The molecule has 0 saturated carbocycles. The van der Waals surface area contributed by atoms with Gasteiger partial charge in [0.1, 0.15) is 18.4 Å². The summed E-state index contributed by atoms with van der Waals surface area (Å²) in [6.45, 7) is 0.564. The van der Waals surface area contributed by atoms with E-state index in [1.165, 1.54) is 16.9 Å². The highest BCUT2D eigenvalue weighted by atomic mass is 35.5. The molecule has 2 N–H and O–H groups in total. The Balaban J connectivity index is 1.34. The van der Waals surface area contributed by atoms with E-state index >= 15 is 0 Å². The largest absolute Gasteiger partial charge is 0.408 e. The first-order valence-electron chi connectivity index (χ1n) is 11.2. The van der Waals surface area contributed by atoms with Gasteiger partial charge in [-0.15, -0.1) is 0 Å². The first-order valence-corrected chi connectivity index (χ1v) is 11.5. The normalized spacial score (nSPS) is 18.8. The second-order valence-corrected chi connectivity index (χ2v) is 9.25. The number of hydrogen-bond acceptors (Lipinski definition) is 5. The van der Waals surface area contributed by atoms with E-state index in [9.17, 15) is 22.8 Å². The number of fused-ring (bicyclic) bond motifs is 1. The van der Waals surface area contributed by atoms with E-state index < -0.39 is 18.1 Å². The van der Waals surface area contributed by atoms with Gasteiger partial charge in [-0.2, -0.15) is 18.3 Å². The summed E-state index contributed by atoms with van der Waals surface area (Å²) in [5.41, 5.74) is 7.31. The number of benzene rings is 1. The molecular weight excluding hydrogens is 485 g/mol. The third-order valence-corrected chi connectivity index (χ3v) is 6.89. The van der Waals surface area contributed by atoms with Crippen LogP contribution in [0.2, 0.25) is 5.02 Å². The Hall–Kier alpha value is -3.34. The van der Waals surface area contributed by atoms with E-state index in [0.717, 1.165) is 10.3 Å². The minimum Gasteiger partial charge on any atom is -0.384 e. The fourth-order valence-corrected chi connectivity index (χ4v) is 4.99. The maximum atomic E-state index is 13.3. The van der Waals surface area contributed by atoms with Crippen LogP contribution >= 0.6 is 11.6 Å². The van der Waals surface area contributed by atoms with Crippen molar-refractivity contribution in [3.05, 3.63) is 52.8 Å². The average Bonchev–Trinajstić information content (AvgIpc) is 3.41. The molecule has 2 amide bonds. The van der Waals surface area contributed by atoms with E-state index in [1.807, 2.05) is 12.1 Å². The van der Waals surface area contributed by atoms with Gasteiger partial charge in [0, 0.05) is 37.1 Å². The molecule has 1 atom stereocenters. The Kier molecular flexibility index (Phi) is 5.82. The topological polar surface area (TPSA) is 97.3 Å². The van der Waals surface area contributed by atoms with Crippen molar-refractivity contribution in [2.24, 2.45) is 0 Å². The molecule has 184 valence electrons. The van der Waals surface area contributed by atoms with E-state index in [1.54, 1.807) is 17.0 Å². The summed E-state index contributed by atoms with van der Waals surface area (Å²) >= 11 is 6.10. The number of nitrogens with zero attached hydrogens (tertiary/aromatic N) is 5. The highest BCUT2D eigenvalue weighted by Crippen LogP contribution is 2.35. The summed E-state index contributed by atoms with van der Waals surface area (Å²) in [5, 5.41) is 5.61. The standard InChI is InChI=1S/C23H22ClF3N6O2/c24-16-9-29-19(28)8-15(16)22(35)31-10-13(11-31)21-14-4-1-2-5-17(14)33(30-21)12-20(34)32-7-3-6-18(32)23(25,26)27/h1-2,4-5,8-9,13,18H,3,6-7,10-12H2,(H2,28,29)/t18-/m0/s1. The van der Waals surface area contributed by atoms with Crippen molar-refractivity contribution in [3.63, 3.8) is 0 Å². The van der Waals surface area contributed by atoms with Gasteiger partial charge in [-0.3, -0.25) is 14.3 Å². The van der Waals surface area contributed by atoms with Gasteiger partial charge in [-0.05, 0) is 25.0 Å². The predicted molar refractivity (Wildman–Crippen MR) is 123 cm³/mol. The minimum atomic E-state index is -4.45. The van der Waals surface area contributed by atoms with Crippen LogP contribution in [0.1, 0.15) is 34.8 Å². The molecule has 0 aliphatic carbocycles. The van der Waals surface area contributed by atoms with Crippen molar-refractivity contribution >= 4 is 40.1 Å². The van der Waals surface area contributed by atoms with Crippen LogP contribution in [-0.4, -0.2) is 68.2 Å². The number of amides is 2. The number of aromatic nitrogens is 3. The smallest absolute Gasteiger partial charge is 0.384 e. The second kappa shape index (κ2) is 8.71. The fourth-order valence-electron chi connectivity index (χ4n) is 4.81. The molecule has 0 bridgehead atoms. The van der Waals surface area contributed by atoms with Gasteiger partial charge >= 0.3 is 6.18 Å². The maximum Gasteiger partial charge on any atom is 0.408 e. The van der Waals surface area contributed by atoms with E-state index in [4.69, 9.17) is 17.3 Å². The van der Waals surface area contributed by atoms with E-state index in [-0.39, 0.29) is 47.7 Å². The number of hydrogen-bond donors (Lipinski definition) is 1. The van der Waals surface area contributed by atoms with Gasteiger partial charge in [0.2, 0.25) is 5.91 Å². The highest BCUT2D eigenvalue weighted by molar-refractivity contribution is 6.33. The van der Waals surface area contributed by atoms with Gasteiger partial charge in [-0.1, -0.05) is 29.8 Å². The summed E-state index contributed by atoms with van der Waals surface area (Å²) in [7, 11) is 0. The molecule has 2 aromatic heterocycles.